The van der Waals surface area contributed by atoms with Gasteiger partial charge in [-0.15, -0.1) is 5.23 Å². The molecule has 0 bridgehead atoms. The van der Waals surface area contributed by atoms with Gasteiger partial charge in [0.15, 0.2) is 0 Å². The molecule has 0 fully saturated rings. The van der Waals surface area contributed by atoms with E-state index in [0.29, 0.717) is 18.7 Å². The molecule has 7 nitrogen and oxygen atoms in total. The predicted molar refractivity (Wildman–Crippen MR) is 88.6 cm³/mol. The van der Waals surface area contributed by atoms with E-state index in [2.05, 4.69) is 0 Å². The molecule has 0 aromatic heterocycles. The van der Waals surface area contributed by atoms with Crippen LogP contribution in [-0.2, 0) is 0 Å². The molecule has 126 valence electrons. The summed E-state index contributed by atoms with van der Waals surface area (Å²) in [7, 11) is 0. The summed E-state index contributed by atoms with van der Waals surface area (Å²) in [6.45, 7) is 8.97. The van der Waals surface area contributed by atoms with E-state index in [4.69, 9.17) is 0 Å². The monoisotopic (exact) mass is 311 g/mol. The Bertz CT molecular complexity index is 443. The van der Waals surface area contributed by atoms with E-state index >= 15 is 0 Å². The van der Waals surface area contributed by atoms with Gasteiger partial charge in [0.25, 0.3) is 0 Å². The van der Waals surface area contributed by atoms with Crippen LogP contribution in [0.5, 0.6) is 0 Å². The van der Waals surface area contributed by atoms with Gasteiger partial charge in [0.05, 0.1) is 5.69 Å². The molecule has 1 aromatic carbocycles. The van der Waals surface area contributed by atoms with Gasteiger partial charge in [0, 0.05) is 18.8 Å². The highest BCUT2D eigenvalue weighted by molar-refractivity contribution is 5.85. The Kier molecular flexibility index (Phi) is 6.89. The summed E-state index contributed by atoms with van der Waals surface area (Å²) in [5.74, 6) is 0.0391. The molecule has 0 amide bonds. The summed E-state index contributed by atoms with van der Waals surface area (Å²) >= 11 is 0. The second-order valence-electron chi connectivity index (χ2n) is 5.60. The summed E-state index contributed by atoms with van der Waals surface area (Å²) in [4.78, 5) is 1.83. The molecule has 22 heavy (non-hydrogen) atoms. The second kappa shape index (κ2) is 8.19. The molecule has 1 rings (SSSR count). The summed E-state index contributed by atoms with van der Waals surface area (Å²) in [6, 6.07) is 3.11. The Morgan fingerprint density at radius 1 is 1.00 bits per heavy atom. The first-order valence-electron chi connectivity index (χ1n) is 7.58. The van der Waals surface area contributed by atoms with E-state index in [-0.39, 0.29) is 28.2 Å². The molecule has 1 aromatic rings. The Hall–Kier alpha value is -1.54. The Labute approximate surface area is 131 Å². The van der Waals surface area contributed by atoms with Crippen LogP contribution >= 0.6 is 0 Å². The van der Waals surface area contributed by atoms with Crippen molar-refractivity contribution in [2.24, 2.45) is 0 Å². The topological polar surface area (TPSA) is 96.3 Å². The molecule has 0 heterocycles. The lowest BCUT2D eigenvalue weighted by molar-refractivity contribution is 0.0294. The van der Waals surface area contributed by atoms with Crippen molar-refractivity contribution < 1.29 is 10.4 Å². The van der Waals surface area contributed by atoms with E-state index in [1.54, 1.807) is 6.07 Å². The van der Waals surface area contributed by atoms with Crippen LogP contribution in [0.1, 0.15) is 52.0 Å². The molecule has 0 saturated carbocycles. The molecule has 0 saturated heterocycles. The van der Waals surface area contributed by atoms with Crippen LogP contribution in [0.25, 0.3) is 0 Å². The van der Waals surface area contributed by atoms with Gasteiger partial charge in [0.1, 0.15) is 5.69 Å². The van der Waals surface area contributed by atoms with E-state index in [0.717, 1.165) is 12.8 Å². The summed E-state index contributed by atoms with van der Waals surface area (Å²) in [5.41, 5.74) is 0.880. The van der Waals surface area contributed by atoms with E-state index in [9.17, 15) is 20.8 Å². The van der Waals surface area contributed by atoms with E-state index < -0.39 is 5.23 Å². The zero-order chi connectivity index (χ0) is 16.9. The highest BCUT2D eigenvalue weighted by atomic mass is 16.8. The minimum absolute atomic E-state index is 0.0213. The molecular formula is C15H25N3O4-2. The zero-order valence-electron chi connectivity index (χ0n) is 13.6. The Balaban J connectivity index is 3.55. The molecule has 0 spiro atoms. The third-order valence-electron chi connectivity index (χ3n) is 3.47. The number of anilines is 3. The Morgan fingerprint density at radius 3 is 1.86 bits per heavy atom. The fraction of sp³-hybridized carbons (Fsp3) is 0.600. The predicted octanol–water partition coefficient (Wildman–Crippen LogP) is 3.82. The highest BCUT2D eigenvalue weighted by Crippen LogP contribution is 2.41. The van der Waals surface area contributed by atoms with Gasteiger partial charge in [-0.3, -0.25) is 10.4 Å². The molecule has 0 aliphatic heterocycles. The van der Waals surface area contributed by atoms with Crippen molar-refractivity contribution in [3.05, 3.63) is 28.1 Å². The van der Waals surface area contributed by atoms with Crippen molar-refractivity contribution in [3.63, 3.8) is 0 Å². The smallest absolute Gasteiger partial charge is 0.120 e. The summed E-state index contributed by atoms with van der Waals surface area (Å²) in [6.07, 6.45) is 1.61. The maximum absolute atomic E-state index is 11.5. The van der Waals surface area contributed by atoms with Crippen molar-refractivity contribution in [3.8, 4) is 0 Å². The van der Waals surface area contributed by atoms with Crippen LogP contribution in [-0.4, -0.2) is 23.5 Å². The van der Waals surface area contributed by atoms with Crippen molar-refractivity contribution in [1.29, 1.82) is 0 Å². The van der Waals surface area contributed by atoms with Gasteiger partial charge < -0.3 is 20.5 Å². The molecule has 0 aliphatic carbocycles. The van der Waals surface area contributed by atoms with Crippen LogP contribution < -0.4 is 15.4 Å². The number of hydrogen-bond acceptors (Lipinski definition) is 7. The van der Waals surface area contributed by atoms with Crippen LogP contribution in [0.15, 0.2) is 12.1 Å². The van der Waals surface area contributed by atoms with Crippen molar-refractivity contribution in [1.82, 2.24) is 0 Å². The molecule has 2 N–H and O–H groups in total. The first-order valence-corrected chi connectivity index (χ1v) is 7.58. The Morgan fingerprint density at radius 2 is 1.50 bits per heavy atom. The van der Waals surface area contributed by atoms with Crippen molar-refractivity contribution >= 4 is 17.1 Å². The lowest BCUT2D eigenvalue weighted by Crippen LogP contribution is -2.29. The summed E-state index contributed by atoms with van der Waals surface area (Å²) < 4.78 is 0. The van der Waals surface area contributed by atoms with Gasteiger partial charge in [-0.25, -0.2) is 0 Å². The van der Waals surface area contributed by atoms with Crippen LogP contribution in [0.2, 0.25) is 0 Å². The SMILES string of the molecule is CCCN(CCC)c1c(N([O-])[O-])cc(C(C)C)cc1N(O)O. The first-order chi connectivity index (χ1) is 10.3. The standard InChI is InChI=1S/C15H25N3O4/c1-5-7-16(8-6-2)15-13(17(19)20)9-12(11(3)4)10-14(15)18(21)22/h9-11,19-20H,5-8H2,1-4H3/q-2. The third kappa shape index (κ3) is 4.23. The van der Waals surface area contributed by atoms with Crippen molar-refractivity contribution in [2.75, 3.05) is 28.4 Å². The van der Waals surface area contributed by atoms with Crippen molar-refractivity contribution in [2.45, 2.75) is 46.5 Å². The van der Waals surface area contributed by atoms with Crippen LogP contribution in [0, 0.1) is 10.4 Å². The molecule has 0 aliphatic rings. The number of nitrogens with zero attached hydrogens (tertiary/aromatic N) is 3. The van der Waals surface area contributed by atoms with Crippen LogP contribution in [0.4, 0.5) is 17.1 Å². The number of rotatable bonds is 8. The number of benzene rings is 1. The molecule has 0 atom stereocenters. The molecule has 0 radical (unpaired) electrons. The lowest BCUT2D eigenvalue weighted by Gasteiger charge is -2.42. The van der Waals surface area contributed by atoms with E-state index in [1.165, 1.54) is 6.07 Å². The largest absolute Gasteiger partial charge is 0.769 e. The first kappa shape index (κ1) is 18.5. The van der Waals surface area contributed by atoms with Gasteiger partial charge in [-0.1, -0.05) is 27.7 Å². The van der Waals surface area contributed by atoms with Gasteiger partial charge >= 0.3 is 0 Å². The average Bonchev–Trinajstić information content (AvgIpc) is 2.45. The average molecular weight is 311 g/mol. The van der Waals surface area contributed by atoms with E-state index in [1.807, 2.05) is 32.6 Å². The minimum atomic E-state index is -0.466. The number of hydrogen-bond donors (Lipinski definition) is 2. The van der Waals surface area contributed by atoms with Gasteiger partial charge in [-0.2, -0.15) is 0 Å². The van der Waals surface area contributed by atoms with Crippen LogP contribution in [0.3, 0.4) is 0 Å². The minimum Gasteiger partial charge on any atom is -0.769 e. The fourth-order valence-electron chi connectivity index (χ4n) is 2.45. The molecular weight excluding hydrogens is 286 g/mol. The third-order valence-corrected chi connectivity index (χ3v) is 3.47. The molecule has 7 heteroatoms. The highest BCUT2D eigenvalue weighted by Gasteiger charge is 2.20. The molecule has 0 unspecified atom stereocenters. The maximum Gasteiger partial charge on any atom is 0.120 e. The quantitative estimate of drug-likeness (QED) is 0.704. The van der Waals surface area contributed by atoms with Gasteiger partial charge in [-0.05, 0) is 36.5 Å². The zero-order valence-corrected chi connectivity index (χ0v) is 13.6. The second-order valence-corrected chi connectivity index (χ2v) is 5.60. The normalized spacial score (nSPS) is 11.0. The maximum atomic E-state index is 11.5. The summed E-state index contributed by atoms with van der Waals surface area (Å²) in [5, 5.41) is 41.6. The lowest BCUT2D eigenvalue weighted by atomic mass is 10.00. The van der Waals surface area contributed by atoms with Gasteiger partial charge in [0.2, 0.25) is 0 Å². The fourth-order valence-corrected chi connectivity index (χ4v) is 2.45.